The van der Waals surface area contributed by atoms with Crippen LogP contribution in [0, 0.1) is 11.8 Å². The van der Waals surface area contributed by atoms with Crippen LogP contribution in [0.5, 0.6) is 0 Å². The summed E-state index contributed by atoms with van der Waals surface area (Å²) in [5, 5.41) is 0. The molecule has 4 fully saturated rings. The Morgan fingerprint density at radius 1 is 1.62 bits per heavy atom. The second-order valence-corrected chi connectivity index (χ2v) is 8.89. The molecule has 4 aliphatic rings. The van der Waals surface area contributed by atoms with E-state index in [4.69, 9.17) is 4.74 Å². The average Bonchev–Trinajstić information content (AvgIpc) is 2.91. The van der Waals surface area contributed by atoms with Crippen LogP contribution in [-0.4, -0.2) is 19.5 Å². The second kappa shape index (κ2) is 4.22. The summed E-state index contributed by atoms with van der Waals surface area (Å²) in [7, 11) is 0. The van der Waals surface area contributed by atoms with Gasteiger partial charge >= 0.3 is 121 Å². The predicted octanol–water partition coefficient (Wildman–Crippen LogP) is -1.15. The van der Waals surface area contributed by atoms with E-state index in [9.17, 15) is 4.79 Å². The van der Waals surface area contributed by atoms with Crippen LogP contribution in [-0.2, 0) is 9.53 Å². The zero-order valence-electron chi connectivity index (χ0n) is 9.21. The molecule has 3 aliphatic carbocycles. The summed E-state index contributed by atoms with van der Waals surface area (Å²) in [6.07, 6.45) is 4.84. The Morgan fingerprint density at radius 3 is 2.69 bits per heavy atom. The maximum absolute atomic E-state index is 12.1. The van der Waals surface area contributed by atoms with Crippen LogP contribution in [0.15, 0.2) is 0 Å². The van der Waals surface area contributed by atoms with Crippen LogP contribution in [0.2, 0.25) is 0 Å². The molecule has 1 N–H and O–H groups in total. The maximum atomic E-state index is 12.1. The number of halogens is 2. The summed E-state index contributed by atoms with van der Waals surface area (Å²) in [6.45, 7) is 2.17. The van der Waals surface area contributed by atoms with Gasteiger partial charge in [0.15, 0.2) is 0 Å². The molecule has 16 heavy (non-hydrogen) atoms. The van der Waals surface area contributed by atoms with Crippen molar-refractivity contribution in [2.75, 3.05) is 0 Å². The number of hydrogen-bond donors (Lipinski definition) is 1. The average molecular weight is 448 g/mol. The van der Waals surface area contributed by atoms with Gasteiger partial charge in [0.1, 0.15) is 0 Å². The van der Waals surface area contributed by atoms with Gasteiger partial charge in [-0.05, 0) is 0 Å². The zero-order chi connectivity index (χ0) is 11.3. The molecule has 0 aromatic heterocycles. The van der Waals surface area contributed by atoms with Crippen molar-refractivity contribution < 1.29 is 31.0 Å². The first-order chi connectivity index (χ1) is 7.67. The Bertz CT molecular complexity index is 305. The first kappa shape index (κ1) is 12.0. The topological polar surface area (TPSA) is 48.2 Å². The monoisotopic (exact) mass is 448 g/mol. The number of ether oxygens (including phenoxy) is 1. The molecule has 0 amide bonds. The van der Waals surface area contributed by atoms with Crippen molar-refractivity contribution in [3.8, 4) is 0 Å². The van der Waals surface area contributed by atoms with E-state index in [0.717, 1.165) is 6.42 Å². The molecule has 1 saturated heterocycles. The number of alkyl halides is 2. The number of carbonyl (C=O) groups is 1. The van der Waals surface area contributed by atoms with Crippen LogP contribution in [0.25, 0.3) is 0 Å². The summed E-state index contributed by atoms with van der Waals surface area (Å²) in [5.41, 5.74) is -0.0618. The van der Waals surface area contributed by atoms with Gasteiger partial charge in [-0.25, -0.2) is 0 Å². The van der Waals surface area contributed by atoms with E-state index in [-0.39, 0.29) is 37.0 Å². The van der Waals surface area contributed by atoms with Gasteiger partial charge in [-0.15, -0.1) is 0 Å². The van der Waals surface area contributed by atoms with Crippen molar-refractivity contribution >= 4 is 28.6 Å². The fourth-order valence-corrected chi connectivity index (χ4v) is 6.45. The molecular formula is C11H16I2NO2-. The standard InChI is InChI=1S/C11H16I2NO2/c1-2-11(6-3-4-7(11)5-6)16-10(15)8(12)9-13-14-9/h6-9,14H,2-5H2,1H3/q-1. The SMILES string of the molecule is CCC1(OC(=O)C(I)C2N[I-]2)C2CCC1C2. The van der Waals surface area contributed by atoms with Gasteiger partial charge in [0.05, 0.1) is 0 Å². The molecule has 4 unspecified atom stereocenters. The van der Waals surface area contributed by atoms with E-state index < -0.39 is 0 Å². The molecule has 92 valence electrons. The van der Waals surface area contributed by atoms with Crippen LogP contribution in [0.4, 0.5) is 0 Å². The number of fused-ring (bicyclic) bond motifs is 1. The molecule has 1 aliphatic heterocycles. The van der Waals surface area contributed by atoms with Crippen molar-refractivity contribution in [1.29, 1.82) is 0 Å². The summed E-state index contributed by atoms with van der Waals surface area (Å²) >= 11 is 2.34. The number of hydrogen-bond acceptors (Lipinski definition) is 3. The fraction of sp³-hybridized carbons (Fsp3) is 0.909. The number of rotatable bonds is 4. The Kier molecular flexibility index (Phi) is 3.15. The molecule has 2 bridgehead atoms. The summed E-state index contributed by atoms with van der Waals surface area (Å²) < 4.78 is 9.72. The third kappa shape index (κ3) is 1.72. The van der Waals surface area contributed by atoms with Gasteiger partial charge in [0.25, 0.3) is 0 Å². The van der Waals surface area contributed by atoms with Crippen molar-refractivity contribution in [2.24, 2.45) is 11.8 Å². The van der Waals surface area contributed by atoms with Crippen molar-refractivity contribution in [1.82, 2.24) is 3.53 Å². The third-order valence-corrected chi connectivity index (χ3v) is 9.04. The second-order valence-electron chi connectivity index (χ2n) is 4.96. The summed E-state index contributed by atoms with van der Waals surface area (Å²) in [4.78, 5) is 12.1. The molecule has 3 saturated carbocycles. The Balaban J connectivity index is 1.66. The van der Waals surface area contributed by atoms with Gasteiger partial charge in [-0.3, -0.25) is 0 Å². The van der Waals surface area contributed by atoms with Crippen LogP contribution in [0.1, 0.15) is 32.6 Å². The summed E-state index contributed by atoms with van der Waals surface area (Å²) in [6, 6.07) is 0. The molecule has 5 heteroatoms. The number of esters is 1. The van der Waals surface area contributed by atoms with Crippen LogP contribution in [0.3, 0.4) is 0 Å². The van der Waals surface area contributed by atoms with E-state index >= 15 is 0 Å². The first-order valence-corrected chi connectivity index (χ1v) is 9.49. The van der Waals surface area contributed by atoms with Gasteiger partial charge in [-0.1, -0.05) is 0 Å². The molecule has 4 atom stereocenters. The van der Waals surface area contributed by atoms with Crippen molar-refractivity contribution in [3.63, 3.8) is 0 Å². The zero-order valence-corrected chi connectivity index (χ0v) is 13.5. The van der Waals surface area contributed by atoms with E-state index in [1.54, 1.807) is 0 Å². The number of carbonyl (C=O) groups excluding carboxylic acids is 1. The molecule has 1 heterocycles. The van der Waals surface area contributed by atoms with E-state index in [1.807, 2.05) is 0 Å². The minimum atomic E-state index is -0.0618. The predicted molar refractivity (Wildman–Crippen MR) is 64.7 cm³/mol. The molecular weight excluding hydrogens is 432 g/mol. The Hall–Kier alpha value is 0.890. The molecule has 3 nitrogen and oxygen atoms in total. The normalized spacial score (nSPS) is 46.5. The van der Waals surface area contributed by atoms with Crippen LogP contribution >= 0.6 is 22.6 Å². The quantitative estimate of drug-likeness (QED) is 0.148. The molecule has 0 spiro atoms. The Morgan fingerprint density at radius 2 is 2.25 bits per heavy atom. The van der Waals surface area contributed by atoms with Crippen LogP contribution < -0.4 is 25.0 Å². The third-order valence-electron chi connectivity index (χ3n) is 4.38. The molecule has 0 radical (unpaired) electrons. The van der Waals surface area contributed by atoms with Crippen molar-refractivity contribution in [2.45, 2.75) is 46.2 Å². The summed E-state index contributed by atoms with van der Waals surface area (Å²) in [5.74, 6) is 1.36. The Labute approximate surface area is 120 Å². The molecule has 0 aromatic rings. The first-order valence-electron chi connectivity index (χ1n) is 5.92. The minimum absolute atomic E-state index is 0.0359. The van der Waals surface area contributed by atoms with Gasteiger partial charge in [0, 0.05) is 0 Å². The van der Waals surface area contributed by atoms with Gasteiger partial charge in [0.2, 0.25) is 0 Å². The van der Waals surface area contributed by atoms with E-state index in [1.165, 1.54) is 19.3 Å². The van der Waals surface area contributed by atoms with Crippen molar-refractivity contribution in [3.05, 3.63) is 0 Å². The number of nitrogens with one attached hydrogen (secondary N) is 1. The fourth-order valence-electron chi connectivity index (χ4n) is 3.37. The van der Waals surface area contributed by atoms with E-state index in [0.29, 0.717) is 15.9 Å². The molecule has 0 aromatic carbocycles. The van der Waals surface area contributed by atoms with Gasteiger partial charge < -0.3 is 0 Å². The van der Waals surface area contributed by atoms with Gasteiger partial charge in [-0.2, -0.15) is 0 Å². The van der Waals surface area contributed by atoms with E-state index in [2.05, 4.69) is 33.0 Å². The molecule has 4 rings (SSSR count).